The van der Waals surface area contributed by atoms with Crippen LogP contribution in [0.2, 0.25) is 0 Å². The van der Waals surface area contributed by atoms with Crippen LogP contribution in [0.4, 0.5) is 13.2 Å². The molecule has 3 aromatic rings. The Bertz CT molecular complexity index is 1030. The van der Waals surface area contributed by atoms with E-state index in [1.54, 1.807) is 6.08 Å². The maximum Gasteiger partial charge on any atom is 0.471 e. The zero-order chi connectivity index (χ0) is 21.4. The predicted molar refractivity (Wildman–Crippen MR) is 105 cm³/mol. The normalized spacial score (nSPS) is 13.3. The summed E-state index contributed by atoms with van der Waals surface area (Å²) in [5, 5.41) is 3.33. The Balaban J connectivity index is 1.83. The van der Waals surface area contributed by atoms with Crippen molar-refractivity contribution in [1.29, 1.82) is 0 Å². The number of fused-ring (bicyclic) bond motifs is 1. The van der Waals surface area contributed by atoms with Crippen molar-refractivity contribution >= 4 is 23.2 Å². The van der Waals surface area contributed by atoms with Gasteiger partial charge in [-0.2, -0.15) is 18.2 Å². The molecule has 1 aromatic carbocycles. The summed E-state index contributed by atoms with van der Waals surface area (Å²) in [4.78, 5) is 10.1. The SMILES string of the molecule is Cc1nc2cc(/C=C/c3noc(C(F)(F)F)n3)ccc2n1CC(C)(C)CN(C)C. The van der Waals surface area contributed by atoms with E-state index in [0.717, 1.165) is 35.5 Å². The quantitative estimate of drug-likeness (QED) is 0.602. The number of hydrogen-bond donors (Lipinski definition) is 0. The summed E-state index contributed by atoms with van der Waals surface area (Å²) in [6.07, 6.45) is -1.64. The first-order valence-electron chi connectivity index (χ1n) is 9.15. The lowest BCUT2D eigenvalue weighted by atomic mass is 9.92. The number of rotatable bonds is 6. The molecule has 0 fully saturated rings. The number of aryl methyl sites for hydroxylation is 1. The summed E-state index contributed by atoms with van der Waals surface area (Å²) in [5.41, 5.74) is 2.70. The van der Waals surface area contributed by atoms with Crippen molar-refractivity contribution in [3.05, 3.63) is 41.3 Å². The van der Waals surface area contributed by atoms with Crippen molar-refractivity contribution in [3.8, 4) is 0 Å². The third-order valence-electron chi connectivity index (χ3n) is 4.40. The van der Waals surface area contributed by atoms with Gasteiger partial charge >= 0.3 is 12.1 Å². The van der Waals surface area contributed by atoms with Crippen LogP contribution in [0.15, 0.2) is 22.7 Å². The van der Waals surface area contributed by atoms with E-state index in [-0.39, 0.29) is 11.2 Å². The van der Waals surface area contributed by atoms with E-state index < -0.39 is 12.1 Å². The van der Waals surface area contributed by atoms with Gasteiger partial charge in [0.2, 0.25) is 0 Å². The molecule has 0 amide bonds. The Morgan fingerprint density at radius 1 is 1.14 bits per heavy atom. The van der Waals surface area contributed by atoms with Crippen molar-refractivity contribution < 1.29 is 17.7 Å². The molecule has 2 aromatic heterocycles. The van der Waals surface area contributed by atoms with E-state index in [4.69, 9.17) is 0 Å². The Kier molecular flexibility index (Phi) is 5.53. The number of aromatic nitrogens is 4. The minimum atomic E-state index is -4.65. The Morgan fingerprint density at radius 3 is 2.48 bits per heavy atom. The van der Waals surface area contributed by atoms with Gasteiger partial charge in [-0.15, -0.1) is 0 Å². The minimum absolute atomic E-state index is 0.0648. The molecule has 0 saturated heterocycles. The second-order valence-corrected chi connectivity index (χ2v) is 8.18. The number of alkyl halides is 3. The highest BCUT2D eigenvalue weighted by atomic mass is 19.4. The highest BCUT2D eigenvalue weighted by Crippen LogP contribution is 2.28. The monoisotopic (exact) mass is 407 g/mol. The molecule has 0 aliphatic carbocycles. The van der Waals surface area contributed by atoms with Gasteiger partial charge in [0.25, 0.3) is 0 Å². The van der Waals surface area contributed by atoms with Crippen LogP contribution in [0.25, 0.3) is 23.2 Å². The molecule has 0 radical (unpaired) electrons. The van der Waals surface area contributed by atoms with Crippen molar-refractivity contribution in [1.82, 2.24) is 24.6 Å². The number of hydrogen-bond acceptors (Lipinski definition) is 5. The van der Waals surface area contributed by atoms with E-state index >= 15 is 0 Å². The molecule has 0 aliphatic rings. The molecule has 6 nitrogen and oxygen atoms in total. The van der Waals surface area contributed by atoms with Gasteiger partial charge in [0, 0.05) is 13.1 Å². The maximum absolute atomic E-state index is 12.5. The van der Waals surface area contributed by atoms with Gasteiger partial charge in [0.05, 0.1) is 11.0 Å². The predicted octanol–water partition coefficient (Wildman–Crippen LogP) is 4.50. The van der Waals surface area contributed by atoms with Crippen LogP contribution in [0.5, 0.6) is 0 Å². The smallest absolute Gasteiger partial charge is 0.329 e. The summed E-state index contributed by atoms with van der Waals surface area (Å²) in [5.74, 6) is -0.576. The molecule has 0 saturated carbocycles. The van der Waals surface area contributed by atoms with Crippen LogP contribution in [-0.2, 0) is 12.7 Å². The van der Waals surface area contributed by atoms with E-state index in [2.05, 4.69) is 57.1 Å². The molecule has 156 valence electrons. The first-order valence-corrected chi connectivity index (χ1v) is 9.15. The highest BCUT2D eigenvalue weighted by Gasteiger charge is 2.38. The van der Waals surface area contributed by atoms with Gasteiger partial charge in [-0.05, 0) is 50.2 Å². The van der Waals surface area contributed by atoms with E-state index in [1.165, 1.54) is 6.08 Å². The fourth-order valence-electron chi connectivity index (χ4n) is 3.49. The molecule has 2 heterocycles. The molecule has 3 rings (SSSR count). The second kappa shape index (κ2) is 7.62. The summed E-state index contributed by atoms with van der Waals surface area (Å²) in [6, 6.07) is 5.75. The summed E-state index contributed by atoms with van der Waals surface area (Å²) < 4.78 is 44.0. The first-order chi connectivity index (χ1) is 13.4. The van der Waals surface area contributed by atoms with Crippen LogP contribution in [0, 0.1) is 12.3 Å². The van der Waals surface area contributed by atoms with Gasteiger partial charge in [-0.1, -0.05) is 31.1 Å². The van der Waals surface area contributed by atoms with Crippen molar-refractivity contribution in [2.75, 3.05) is 20.6 Å². The number of halogens is 3. The lowest BCUT2D eigenvalue weighted by molar-refractivity contribution is -0.159. The molecule has 0 aliphatic heterocycles. The third-order valence-corrected chi connectivity index (χ3v) is 4.40. The summed E-state index contributed by atoms with van der Waals surface area (Å²) >= 11 is 0. The Labute approximate surface area is 167 Å². The van der Waals surface area contributed by atoms with Gasteiger partial charge < -0.3 is 14.0 Å². The van der Waals surface area contributed by atoms with Gasteiger partial charge in [0.15, 0.2) is 5.82 Å². The van der Waals surface area contributed by atoms with Crippen LogP contribution in [0.1, 0.15) is 37.0 Å². The molecule has 9 heteroatoms. The number of benzene rings is 1. The lowest BCUT2D eigenvalue weighted by Gasteiger charge is -2.29. The Morgan fingerprint density at radius 2 is 1.86 bits per heavy atom. The van der Waals surface area contributed by atoms with Crippen LogP contribution in [-0.4, -0.2) is 45.2 Å². The zero-order valence-electron chi connectivity index (χ0n) is 17.1. The largest absolute Gasteiger partial charge is 0.471 e. The van der Waals surface area contributed by atoms with E-state index in [1.807, 2.05) is 25.1 Å². The van der Waals surface area contributed by atoms with Gasteiger partial charge in [0.1, 0.15) is 5.82 Å². The molecule has 0 spiro atoms. The molecule has 29 heavy (non-hydrogen) atoms. The standard InChI is InChI=1S/C20H24F3N5O/c1-13-24-15-10-14(7-9-17-25-18(29-26-17)20(21,22)23)6-8-16(15)28(13)12-19(2,3)11-27(4)5/h6-10H,11-12H2,1-5H3/b9-7+. The average molecular weight is 407 g/mol. The number of imidazole rings is 1. The van der Waals surface area contributed by atoms with Crippen molar-refractivity contribution in [3.63, 3.8) is 0 Å². The van der Waals surface area contributed by atoms with Gasteiger partial charge in [-0.25, -0.2) is 4.98 Å². The molecular weight excluding hydrogens is 383 g/mol. The van der Waals surface area contributed by atoms with E-state index in [0.29, 0.717) is 0 Å². The maximum atomic E-state index is 12.5. The van der Waals surface area contributed by atoms with E-state index in [9.17, 15) is 13.2 Å². The zero-order valence-corrected chi connectivity index (χ0v) is 17.1. The third kappa shape index (κ3) is 5.03. The molecule has 0 bridgehead atoms. The van der Waals surface area contributed by atoms with Crippen molar-refractivity contribution in [2.24, 2.45) is 5.41 Å². The highest BCUT2D eigenvalue weighted by molar-refractivity contribution is 5.81. The summed E-state index contributed by atoms with van der Waals surface area (Å²) in [6.45, 7) is 8.17. The Hall–Kier alpha value is -2.68. The molecule has 0 unspecified atom stereocenters. The minimum Gasteiger partial charge on any atom is -0.329 e. The topological polar surface area (TPSA) is 60.0 Å². The summed E-state index contributed by atoms with van der Waals surface area (Å²) in [7, 11) is 4.11. The van der Waals surface area contributed by atoms with Gasteiger partial charge in [-0.3, -0.25) is 0 Å². The fourth-order valence-corrected chi connectivity index (χ4v) is 3.49. The van der Waals surface area contributed by atoms with Crippen LogP contribution < -0.4 is 0 Å². The second-order valence-electron chi connectivity index (χ2n) is 8.18. The first kappa shape index (κ1) is 21.0. The van der Waals surface area contributed by atoms with Crippen molar-refractivity contribution in [2.45, 2.75) is 33.5 Å². The van der Waals surface area contributed by atoms with Crippen LogP contribution >= 0.6 is 0 Å². The number of nitrogens with zero attached hydrogens (tertiary/aromatic N) is 5. The van der Waals surface area contributed by atoms with Crippen LogP contribution in [0.3, 0.4) is 0 Å². The average Bonchev–Trinajstić information content (AvgIpc) is 3.16. The lowest BCUT2D eigenvalue weighted by Crippen LogP contribution is -2.32. The fraction of sp³-hybridized carbons (Fsp3) is 0.450. The molecule has 0 atom stereocenters. The molecule has 0 N–H and O–H groups in total. The molecular formula is C20H24F3N5O.